The van der Waals surface area contributed by atoms with E-state index in [0.717, 1.165) is 12.6 Å². The first-order chi connectivity index (χ1) is 7.27. The van der Waals surface area contributed by atoms with E-state index in [1.54, 1.807) is 6.20 Å². The van der Waals surface area contributed by atoms with Crippen LogP contribution in [0.5, 0.6) is 0 Å². The normalized spacial score (nSPS) is 23.1. The second-order valence-corrected chi connectivity index (χ2v) is 4.40. The summed E-state index contributed by atoms with van der Waals surface area (Å²) in [6.45, 7) is 2.23. The molecule has 15 heavy (non-hydrogen) atoms. The fraction of sp³-hybridized carbons (Fsp3) is 0.727. The standard InChI is InChI=1S/C11H20N4/c1-14-7-3-2-4-10(14)5-8-15-9-6-13-11(15)12/h6,9-10H,2-5,7-8H2,1H3,(H2,12,13). The molecule has 0 bridgehead atoms. The van der Waals surface area contributed by atoms with Crippen molar-refractivity contribution in [1.29, 1.82) is 0 Å². The Morgan fingerprint density at radius 1 is 1.53 bits per heavy atom. The smallest absolute Gasteiger partial charge is 0.200 e. The SMILES string of the molecule is CN1CCCCC1CCn1ccnc1N. The van der Waals surface area contributed by atoms with Crippen molar-refractivity contribution in [3.05, 3.63) is 12.4 Å². The molecule has 1 saturated heterocycles. The molecule has 1 unspecified atom stereocenters. The highest BCUT2D eigenvalue weighted by atomic mass is 15.2. The van der Waals surface area contributed by atoms with Crippen molar-refractivity contribution in [2.75, 3.05) is 19.3 Å². The molecule has 2 N–H and O–H groups in total. The predicted molar refractivity (Wildman–Crippen MR) is 61.5 cm³/mol. The maximum Gasteiger partial charge on any atom is 0.200 e. The van der Waals surface area contributed by atoms with Crippen LogP contribution in [0.3, 0.4) is 0 Å². The number of nitrogens with two attached hydrogens (primary N) is 1. The van der Waals surface area contributed by atoms with Crippen LogP contribution < -0.4 is 5.73 Å². The van der Waals surface area contributed by atoms with Crippen LogP contribution in [0.2, 0.25) is 0 Å². The summed E-state index contributed by atoms with van der Waals surface area (Å²) in [5, 5.41) is 0. The quantitative estimate of drug-likeness (QED) is 0.815. The lowest BCUT2D eigenvalue weighted by atomic mass is 10.0. The van der Waals surface area contributed by atoms with Crippen molar-refractivity contribution in [2.45, 2.75) is 38.3 Å². The highest BCUT2D eigenvalue weighted by molar-refractivity contribution is 5.16. The Morgan fingerprint density at radius 2 is 2.40 bits per heavy atom. The zero-order valence-corrected chi connectivity index (χ0v) is 9.39. The van der Waals surface area contributed by atoms with Gasteiger partial charge in [0.05, 0.1) is 0 Å². The minimum atomic E-state index is 0.633. The maximum atomic E-state index is 5.73. The van der Waals surface area contributed by atoms with Crippen LogP contribution in [-0.2, 0) is 6.54 Å². The second-order valence-electron chi connectivity index (χ2n) is 4.40. The average molecular weight is 208 g/mol. The number of nitrogens with zero attached hydrogens (tertiary/aromatic N) is 3. The number of piperidine rings is 1. The van der Waals surface area contributed by atoms with Gasteiger partial charge in [0, 0.05) is 25.0 Å². The Kier molecular flexibility index (Phi) is 3.26. The molecule has 4 heteroatoms. The number of aryl methyl sites for hydroxylation is 1. The van der Waals surface area contributed by atoms with Gasteiger partial charge in [-0.25, -0.2) is 4.98 Å². The summed E-state index contributed by atoms with van der Waals surface area (Å²) in [6.07, 6.45) is 8.94. The Balaban J connectivity index is 1.84. The van der Waals surface area contributed by atoms with E-state index in [9.17, 15) is 0 Å². The molecule has 0 spiro atoms. The zero-order chi connectivity index (χ0) is 10.7. The van der Waals surface area contributed by atoms with E-state index in [4.69, 9.17) is 5.73 Å². The number of aromatic nitrogens is 2. The molecule has 2 rings (SSSR count). The highest BCUT2D eigenvalue weighted by Gasteiger charge is 2.18. The molecule has 4 nitrogen and oxygen atoms in total. The van der Waals surface area contributed by atoms with Crippen LogP contribution in [0.15, 0.2) is 12.4 Å². The van der Waals surface area contributed by atoms with E-state index in [1.807, 2.05) is 10.8 Å². The summed E-state index contributed by atoms with van der Waals surface area (Å²) in [5.41, 5.74) is 5.73. The molecule has 1 aliphatic heterocycles. The van der Waals surface area contributed by atoms with E-state index in [-0.39, 0.29) is 0 Å². The van der Waals surface area contributed by atoms with Crippen molar-refractivity contribution in [3.8, 4) is 0 Å². The van der Waals surface area contributed by atoms with Gasteiger partial charge in [0.25, 0.3) is 0 Å². The maximum absolute atomic E-state index is 5.73. The third-order valence-electron chi connectivity index (χ3n) is 3.37. The van der Waals surface area contributed by atoms with Gasteiger partial charge in [0.2, 0.25) is 0 Å². The minimum absolute atomic E-state index is 0.633. The van der Waals surface area contributed by atoms with Crippen molar-refractivity contribution >= 4 is 5.95 Å². The molecule has 2 heterocycles. The first-order valence-corrected chi connectivity index (χ1v) is 5.74. The summed E-state index contributed by atoms with van der Waals surface area (Å²) < 4.78 is 2.03. The molecule has 0 radical (unpaired) electrons. The number of nitrogen functional groups attached to an aromatic ring is 1. The summed E-state index contributed by atoms with van der Waals surface area (Å²) in [6, 6.07) is 0.723. The van der Waals surface area contributed by atoms with Crippen LogP contribution in [0.25, 0.3) is 0 Å². The highest BCUT2D eigenvalue weighted by Crippen LogP contribution is 2.18. The summed E-state index contributed by atoms with van der Waals surface area (Å²) >= 11 is 0. The number of hydrogen-bond acceptors (Lipinski definition) is 3. The first kappa shape index (κ1) is 10.5. The molecule has 0 saturated carbocycles. The third kappa shape index (κ3) is 2.50. The van der Waals surface area contributed by atoms with Crippen LogP contribution in [-0.4, -0.2) is 34.1 Å². The van der Waals surface area contributed by atoms with E-state index < -0.39 is 0 Å². The lowest BCUT2D eigenvalue weighted by Gasteiger charge is -2.32. The largest absolute Gasteiger partial charge is 0.369 e. The van der Waals surface area contributed by atoms with Gasteiger partial charge in [-0.2, -0.15) is 0 Å². The number of likely N-dealkylation sites (tertiary alicyclic amines) is 1. The van der Waals surface area contributed by atoms with Crippen molar-refractivity contribution < 1.29 is 0 Å². The molecule has 0 aromatic carbocycles. The average Bonchev–Trinajstić information content (AvgIpc) is 2.63. The molecule has 1 aromatic rings. The van der Waals surface area contributed by atoms with Gasteiger partial charge >= 0.3 is 0 Å². The molecule has 1 fully saturated rings. The van der Waals surface area contributed by atoms with Crippen molar-refractivity contribution in [2.24, 2.45) is 0 Å². The van der Waals surface area contributed by atoms with Gasteiger partial charge < -0.3 is 15.2 Å². The number of imidazole rings is 1. The lowest BCUT2D eigenvalue weighted by molar-refractivity contribution is 0.171. The number of anilines is 1. The van der Waals surface area contributed by atoms with E-state index in [0.29, 0.717) is 5.95 Å². The van der Waals surface area contributed by atoms with Gasteiger partial charge in [-0.3, -0.25) is 0 Å². The molecule has 0 amide bonds. The summed E-state index contributed by atoms with van der Waals surface area (Å²) in [4.78, 5) is 6.50. The first-order valence-electron chi connectivity index (χ1n) is 5.74. The van der Waals surface area contributed by atoms with E-state index in [1.165, 1.54) is 32.2 Å². The molecule has 1 aromatic heterocycles. The van der Waals surface area contributed by atoms with Crippen molar-refractivity contribution in [1.82, 2.24) is 14.5 Å². The van der Waals surface area contributed by atoms with E-state index >= 15 is 0 Å². The Morgan fingerprint density at radius 3 is 3.07 bits per heavy atom. The molecule has 84 valence electrons. The molecular formula is C11H20N4. The van der Waals surface area contributed by atoms with Crippen LogP contribution >= 0.6 is 0 Å². The minimum Gasteiger partial charge on any atom is -0.369 e. The monoisotopic (exact) mass is 208 g/mol. The summed E-state index contributed by atoms with van der Waals surface area (Å²) in [7, 11) is 2.22. The topological polar surface area (TPSA) is 47.1 Å². The fourth-order valence-electron chi connectivity index (χ4n) is 2.33. The van der Waals surface area contributed by atoms with Gasteiger partial charge in [-0.15, -0.1) is 0 Å². The third-order valence-corrected chi connectivity index (χ3v) is 3.37. The van der Waals surface area contributed by atoms with E-state index in [2.05, 4.69) is 16.9 Å². The fourth-order valence-corrected chi connectivity index (χ4v) is 2.33. The number of rotatable bonds is 3. The Labute approximate surface area is 91.1 Å². The zero-order valence-electron chi connectivity index (χ0n) is 9.39. The van der Waals surface area contributed by atoms with Crippen LogP contribution in [0.1, 0.15) is 25.7 Å². The predicted octanol–water partition coefficient (Wildman–Crippen LogP) is 1.34. The Bertz CT molecular complexity index is 307. The molecule has 0 aliphatic carbocycles. The van der Waals surface area contributed by atoms with Gasteiger partial charge in [-0.05, 0) is 32.9 Å². The van der Waals surface area contributed by atoms with Gasteiger partial charge in [0.15, 0.2) is 5.95 Å². The Hall–Kier alpha value is -1.03. The molecular weight excluding hydrogens is 188 g/mol. The van der Waals surface area contributed by atoms with Gasteiger partial charge in [-0.1, -0.05) is 6.42 Å². The molecule has 1 aliphatic rings. The molecule has 1 atom stereocenters. The lowest BCUT2D eigenvalue weighted by Crippen LogP contribution is -2.36. The summed E-state index contributed by atoms with van der Waals surface area (Å²) in [5.74, 6) is 0.633. The second kappa shape index (κ2) is 4.66. The van der Waals surface area contributed by atoms with Crippen LogP contribution in [0.4, 0.5) is 5.95 Å². The number of hydrogen-bond donors (Lipinski definition) is 1. The van der Waals surface area contributed by atoms with Gasteiger partial charge in [0.1, 0.15) is 0 Å². The van der Waals surface area contributed by atoms with Crippen LogP contribution in [0, 0.1) is 0 Å². The van der Waals surface area contributed by atoms with Crippen molar-refractivity contribution in [3.63, 3.8) is 0 Å².